The molecule has 0 aliphatic carbocycles. The molecule has 0 spiro atoms. The molecule has 6 nitrogen and oxygen atoms in total. The molecule has 2 aromatic carbocycles. The molecule has 6 heteroatoms. The Bertz CT molecular complexity index is 1260. The van der Waals surface area contributed by atoms with Gasteiger partial charge >= 0.3 is 5.63 Å². The number of rotatable bonds is 5. The van der Waals surface area contributed by atoms with Crippen LogP contribution in [0.4, 0.5) is 5.69 Å². The molecule has 0 radical (unpaired) electrons. The van der Waals surface area contributed by atoms with Crippen LogP contribution in [0.15, 0.2) is 88.3 Å². The summed E-state index contributed by atoms with van der Waals surface area (Å²) in [4.78, 5) is 28.3. The highest BCUT2D eigenvalue weighted by Gasteiger charge is 2.37. The van der Waals surface area contributed by atoms with Crippen molar-refractivity contribution in [2.24, 2.45) is 0 Å². The second-order valence-corrected chi connectivity index (χ2v) is 7.18. The molecule has 30 heavy (non-hydrogen) atoms. The molecule has 2 aromatic heterocycles. The number of aromatic nitrogens is 1. The number of hydrogen-bond acceptors (Lipinski definition) is 5. The van der Waals surface area contributed by atoms with E-state index in [4.69, 9.17) is 4.42 Å². The van der Waals surface area contributed by atoms with Crippen molar-refractivity contribution in [1.29, 1.82) is 0 Å². The standard InChI is InChI=1S/C24H20N2O4/c1-25(2)17-12-14-26(15-13-17)21(22(27)16-8-4-3-5-9-16)20-23(28)18-10-6-7-11-19(18)30-24(20)29/h3-15,21H,1-2H3/p+1. The second-order valence-electron chi connectivity index (χ2n) is 7.18. The molecule has 0 saturated heterocycles. The van der Waals surface area contributed by atoms with Gasteiger partial charge in [-0.25, -0.2) is 4.79 Å². The Balaban J connectivity index is 1.95. The van der Waals surface area contributed by atoms with Crippen molar-refractivity contribution in [2.75, 3.05) is 19.0 Å². The van der Waals surface area contributed by atoms with E-state index in [0.29, 0.717) is 10.9 Å². The summed E-state index contributed by atoms with van der Waals surface area (Å²) in [5, 5.41) is 11.3. The van der Waals surface area contributed by atoms with Gasteiger partial charge in [0.1, 0.15) is 11.3 Å². The molecule has 4 aromatic rings. The predicted octanol–water partition coefficient (Wildman–Crippen LogP) is 3.32. The quantitative estimate of drug-likeness (QED) is 0.315. The van der Waals surface area contributed by atoms with Crippen LogP contribution in [0.1, 0.15) is 22.0 Å². The van der Waals surface area contributed by atoms with Crippen molar-refractivity contribution >= 4 is 22.4 Å². The second kappa shape index (κ2) is 7.83. The number of fused-ring (bicyclic) bond motifs is 1. The fourth-order valence-corrected chi connectivity index (χ4v) is 3.47. The van der Waals surface area contributed by atoms with E-state index in [9.17, 15) is 14.7 Å². The number of pyridine rings is 1. The normalized spacial score (nSPS) is 11.9. The molecule has 0 saturated carbocycles. The van der Waals surface area contributed by atoms with Crippen molar-refractivity contribution in [1.82, 2.24) is 0 Å². The number of hydrogen-bond donors (Lipinski definition) is 1. The lowest BCUT2D eigenvalue weighted by molar-refractivity contribution is -0.699. The van der Waals surface area contributed by atoms with Crippen molar-refractivity contribution in [3.8, 4) is 5.75 Å². The molecule has 1 unspecified atom stereocenters. The average Bonchev–Trinajstić information content (AvgIpc) is 2.77. The maximum Gasteiger partial charge on any atom is 0.350 e. The smallest absolute Gasteiger partial charge is 0.350 e. The fourth-order valence-electron chi connectivity index (χ4n) is 3.47. The number of carbonyl (C=O) groups excluding carboxylic acids is 1. The summed E-state index contributed by atoms with van der Waals surface area (Å²) in [6.45, 7) is 0. The minimum atomic E-state index is -1.08. The van der Waals surface area contributed by atoms with Gasteiger partial charge in [-0.05, 0) is 12.1 Å². The number of nitrogens with zero attached hydrogens (tertiary/aromatic N) is 2. The third-order valence-electron chi connectivity index (χ3n) is 5.05. The zero-order valence-electron chi connectivity index (χ0n) is 16.6. The first kappa shape index (κ1) is 19.4. The van der Waals surface area contributed by atoms with Crippen molar-refractivity contribution in [3.05, 3.63) is 101 Å². The Labute approximate surface area is 173 Å². The summed E-state index contributed by atoms with van der Waals surface area (Å²) in [7, 11) is 3.83. The number of anilines is 1. The fraction of sp³-hybridized carbons (Fsp3) is 0.125. The third-order valence-corrected chi connectivity index (χ3v) is 5.05. The van der Waals surface area contributed by atoms with Crippen LogP contribution in [0.3, 0.4) is 0 Å². The van der Waals surface area contributed by atoms with Crippen molar-refractivity contribution in [3.63, 3.8) is 0 Å². The molecular formula is C24H21N2O4+. The lowest BCUT2D eigenvalue weighted by Crippen LogP contribution is -2.46. The number of aromatic hydroxyl groups is 1. The van der Waals surface area contributed by atoms with Crippen LogP contribution in [0, 0.1) is 0 Å². The van der Waals surface area contributed by atoms with Gasteiger partial charge in [-0.3, -0.25) is 4.79 Å². The maximum absolute atomic E-state index is 13.5. The Morgan fingerprint density at radius 2 is 1.60 bits per heavy atom. The van der Waals surface area contributed by atoms with Gasteiger partial charge in [-0.15, -0.1) is 0 Å². The zero-order valence-corrected chi connectivity index (χ0v) is 16.6. The monoisotopic (exact) mass is 401 g/mol. The van der Waals surface area contributed by atoms with Gasteiger partial charge < -0.3 is 14.4 Å². The van der Waals surface area contributed by atoms with E-state index in [1.165, 1.54) is 0 Å². The molecular weight excluding hydrogens is 380 g/mol. The Morgan fingerprint density at radius 1 is 0.967 bits per heavy atom. The first-order valence-corrected chi connectivity index (χ1v) is 9.49. The van der Waals surface area contributed by atoms with Gasteiger partial charge in [-0.2, -0.15) is 4.57 Å². The maximum atomic E-state index is 13.5. The third kappa shape index (κ3) is 3.43. The molecule has 0 aliphatic rings. The Morgan fingerprint density at radius 3 is 2.27 bits per heavy atom. The summed E-state index contributed by atoms with van der Waals surface area (Å²) in [6, 6.07) is 18.0. The van der Waals surface area contributed by atoms with Gasteiger partial charge in [0.2, 0.25) is 5.78 Å². The van der Waals surface area contributed by atoms with E-state index in [0.717, 1.165) is 5.69 Å². The molecule has 0 fully saturated rings. The average molecular weight is 401 g/mol. The molecule has 0 bridgehead atoms. The summed E-state index contributed by atoms with van der Waals surface area (Å²) in [6.07, 6.45) is 3.43. The van der Waals surface area contributed by atoms with Crippen LogP contribution in [-0.4, -0.2) is 25.0 Å². The minimum Gasteiger partial charge on any atom is -0.506 e. The summed E-state index contributed by atoms with van der Waals surface area (Å²) < 4.78 is 7.05. The van der Waals surface area contributed by atoms with Crippen LogP contribution >= 0.6 is 0 Å². The van der Waals surface area contributed by atoms with E-state index in [1.54, 1.807) is 65.5 Å². The Kier molecular flexibility index (Phi) is 5.06. The lowest BCUT2D eigenvalue weighted by atomic mass is 9.96. The highest BCUT2D eigenvalue weighted by molar-refractivity contribution is 6.00. The van der Waals surface area contributed by atoms with Crippen LogP contribution < -0.4 is 15.1 Å². The number of benzene rings is 2. The lowest BCUT2D eigenvalue weighted by Gasteiger charge is -2.15. The molecule has 1 N–H and O–H groups in total. The molecule has 1 atom stereocenters. The highest BCUT2D eigenvalue weighted by atomic mass is 16.4. The summed E-state index contributed by atoms with van der Waals surface area (Å²) in [5.41, 5.74) is 0.794. The first-order valence-electron chi connectivity index (χ1n) is 9.49. The van der Waals surface area contributed by atoms with Crippen LogP contribution in [0.2, 0.25) is 0 Å². The molecule has 0 aliphatic heterocycles. The van der Waals surface area contributed by atoms with Crippen molar-refractivity contribution < 1.29 is 18.9 Å². The van der Waals surface area contributed by atoms with E-state index >= 15 is 0 Å². The number of para-hydroxylation sites is 1. The van der Waals surface area contributed by atoms with Crippen molar-refractivity contribution in [2.45, 2.75) is 6.04 Å². The van der Waals surface area contributed by atoms with E-state index in [2.05, 4.69) is 0 Å². The first-order chi connectivity index (χ1) is 14.5. The number of Topliss-reactive ketones (excluding diaryl/α,β-unsaturated/α-hetero) is 1. The molecule has 150 valence electrons. The predicted molar refractivity (Wildman–Crippen MR) is 114 cm³/mol. The van der Waals surface area contributed by atoms with Gasteiger partial charge in [-0.1, -0.05) is 42.5 Å². The minimum absolute atomic E-state index is 0.0924. The molecule has 4 rings (SSSR count). The number of carbonyl (C=O) groups is 1. The van der Waals surface area contributed by atoms with Crippen LogP contribution in [-0.2, 0) is 0 Å². The van der Waals surface area contributed by atoms with E-state index in [-0.39, 0.29) is 22.7 Å². The highest BCUT2D eigenvalue weighted by Crippen LogP contribution is 2.31. The molecule has 2 heterocycles. The summed E-state index contributed by atoms with van der Waals surface area (Å²) in [5.74, 6) is -0.573. The van der Waals surface area contributed by atoms with Gasteiger partial charge in [0.15, 0.2) is 18.0 Å². The van der Waals surface area contributed by atoms with Gasteiger partial charge in [0.25, 0.3) is 6.04 Å². The topological polar surface area (TPSA) is 74.6 Å². The van der Waals surface area contributed by atoms with Gasteiger partial charge in [0, 0.05) is 37.5 Å². The molecule has 0 amide bonds. The SMILES string of the molecule is CN(C)c1cc[n+](C(C(=O)c2ccccc2)c2c(O)c3ccccc3oc2=O)cc1. The van der Waals surface area contributed by atoms with E-state index in [1.807, 2.05) is 37.2 Å². The largest absolute Gasteiger partial charge is 0.506 e. The zero-order chi connectivity index (χ0) is 21.3. The van der Waals surface area contributed by atoms with Gasteiger partial charge in [0.05, 0.1) is 5.39 Å². The summed E-state index contributed by atoms with van der Waals surface area (Å²) >= 11 is 0. The van der Waals surface area contributed by atoms with Crippen LogP contribution in [0.5, 0.6) is 5.75 Å². The van der Waals surface area contributed by atoms with E-state index < -0.39 is 11.7 Å². The Hall–Kier alpha value is -3.93. The number of ketones is 1. The van der Waals surface area contributed by atoms with Crippen LogP contribution in [0.25, 0.3) is 11.0 Å².